The van der Waals surface area contributed by atoms with Crippen LogP contribution >= 0.6 is 48.8 Å². The molecule has 0 saturated carbocycles. The van der Waals surface area contributed by atoms with E-state index in [1.807, 2.05) is 17.2 Å². The molecular weight excluding hydrogens is 444 g/mol. The molecule has 0 aliphatic carbocycles. The van der Waals surface area contributed by atoms with E-state index in [1.54, 1.807) is 0 Å². The molecule has 1 saturated heterocycles. The van der Waals surface area contributed by atoms with Gasteiger partial charge in [0.05, 0.1) is 0 Å². The summed E-state index contributed by atoms with van der Waals surface area (Å²) in [5.41, 5.74) is 12.7. The van der Waals surface area contributed by atoms with Crippen LogP contribution in [0, 0.1) is 0 Å². The Labute approximate surface area is 150 Å². The SMILES string of the molecule is S=C(S)NN1CCSCC1.[N-]=[N+]=NNC(=S)[S-].[O]=[Mo]=[O]. The van der Waals surface area contributed by atoms with Crippen molar-refractivity contribution in [2.75, 3.05) is 24.6 Å². The van der Waals surface area contributed by atoms with E-state index in [1.165, 1.54) is 11.5 Å². The maximum absolute atomic E-state index is 8.50. The third-order valence-corrected chi connectivity index (χ3v) is 2.77. The van der Waals surface area contributed by atoms with E-state index in [2.05, 4.69) is 58.0 Å². The average Bonchev–Trinajstić information content (AvgIpc) is 2.38. The fraction of sp³-hybridized carbons (Fsp3) is 0.667. The molecule has 0 unspecified atom stereocenters. The van der Waals surface area contributed by atoms with E-state index in [9.17, 15) is 0 Å². The number of thiocarbonyl (C=S) groups is 2. The van der Waals surface area contributed by atoms with Crippen LogP contribution in [-0.4, -0.2) is 38.2 Å². The van der Waals surface area contributed by atoms with Crippen molar-refractivity contribution in [3.05, 3.63) is 10.4 Å². The summed E-state index contributed by atoms with van der Waals surface area (Å²) in [6, 6.07) is 0. The number of hydrogen-bond acceptors (Lipinski definition) is 8. The quantitative estimate of drug-likeness (QED) is 0.0825. The van der Waals surface area contributed by atoms with Crippen molar-refractivity contribution in [1.29, 1.82) is 0 Å². The molecule has 0 aromatic heterocycles. The van der Waals surface area contributed by atoms with Crippen LogP contribution in [0.2, 0.25) is 0 Å². The van der Waals surface area contributed by atoms with Gasteiger partial charge in [0.2, 0.25) is 0 Å². The monoisotopic (exact) mass is 457 g/mol. The van der Waals surface area contributed by atoms with Crippen LogP contribution in [0.3, 0.4) is 0 Å². The molecule has 0 aromatic rings. The number of nitrogens with zero attached hydrogens (tertiary/aromatic N) is 4. The van der Waals surface area contributed by atoms with Gasteiger partial charge in [0.25, 0.3) is 0 Å². The van der Waals surface area contributed by atoms with Crippen LogP contribution in [0.15, 0.2) is 5.22 Å². The third kappa shape index (κ3) is 20.6. The van der Waals surface area contributed by atoms with Crippen LogP contribution in [0.25, 0.3) is 10.4 Å². The van der Waals surface area contributed by atoms with E-state index in [0.717, 1.165) is 13.1 Å². The second-order valence-corrected chi connectivity index (χ2v) is 6.47. The third-order valence-electron chi connectivity index (χ3n) is 1.45. The normalized spacial score (nSPS) is 13.1. The van der Waals surface area contributed by atoms with Crippen molar-refractivity contribution in [2.24, 2.45) is 5.22 Å². The van der Waals surface area contributed by atoms with Crippen LogP contribution in [-0.2, 0) is 37.9 Å². The molecule has 1 rings (SSSR count). The standard InChI is InChI=1S/C5H10N2S3.CH2N4S2.Mo.2O/c8-5(9)6-7-1-3-10-4-2-7;2-4-5-3-1(6)7;;;/h1-4H2,(H2,6,8,9);(H2,3,6,7);;;/p-1. The fourth-order valence-electron chi connectivity index (χ4n) is 0.874. The minimum atomic E-state index is -2.03. The van der Waals surface area contributed by atoms with E-state index < -0.39 is 18.5 Å². The molecule has 0 radical (unpaired) electrons. The van der Waals surface area contributed by atoms with Crippen LogP contribution in [0.5, 0.6) is 0 Å². The number of hydrazine groups is 1. The number of rotatable bonds is 2. The van der Waals surface area contributed by atoms with Crippen LogP contribution in [0.1, 0.15) is 0 Å². The molecule has 0 spiro atoms. The van der Waals surface area contributed by atoms with Gasteiger partial charge in [-0.15, -0.1) is 18.2 Å². The first-order valence-electron chi connectivity index (χ1n) is 4.73. The number of thiol groups is 1. The van der Waals surface area contributed by atoms with Crippen molar-refractivity contribution < 1.29 is 25.3 Å². The molecule has 114 valence electrons. The second-order valence-electron chi connectivity index (χ2n) is 2.67. The van der Waals surface area contributed by atoms with Gasteiger partial charge in [-0.1, -0.05) is 12.2 Å². The molecular formula is C6H11MoN6O2S5-. The molecule has 0 aromatic carbocycles. The molecule has 1 fully saturated rings. The number of azide groups is 1. The van der Waals surface area contributed by atoms with Gasteiger partial charge in [-0.2, -0.15) is 16.7 Å². The Morgan fingerprint density at radius 1 is 1.45 bits per heavy atom. The van der Waals surface area contributed by atoms with Gasteiger partial charge < -0.3 is 30.3 Å². The molecule has 2 N–H and O–H groups in total. The van der Waals surface area contributed by atoms with Gasteiger partial charge in [0.1, 0.15) is 4.32 Å². The Bertz CT molecular complexity index is 380. The Balaban J connectivity index is 0. The molecule has 1 heterocycles. The molecule has 1 aliphatic rings. The number of nitrogens with one attached hydrogen (secondary N) is 2. The zero-order chi connectivity index (χ0) is 15.8. The topological polar surface area (TPSA) is 110 Å². The molecule has 20 heavy (non-hydrogen) atoms. The van der Waals surface area contributed by atoms with Crippen molar-refractivity contribution in [3.8, 4) is 0 Å². The van der Waals surface area contributed by atoms with Gasteiger partial charge in [-0.3, -0.25) is 0 Å². The van der Waals surface area contributed by atoms with E-state index in [0.29, 0.717) is 4.32 Å². The first-order chi connectivity index (χ1) is 9.47. The Morgan fingerprint density at radius 3 is 2.25 bits per heavy atom. The summed E-state index contributed by atoms with van der Waals surface area (Å²) in [5, 5.41) is 4.96. The van der Waals surface area contributed by atoms with Gasteiger partial charge in [-0.05, 0) is 5.22 Å². The number of hydrogen-bond donors (Lipinski definition) is 3. The predicted octanol–water partition coefficient (Wildman–Crippen LogP) is 1.15. The molecule has 1 aliphatic heterocycles. The maximum atomic E-state index is 8.50. The minimum absolute atomic E-state index is 0.0535. The van der Waals surface area contributed by atoms with Crippen molar-refractivity contribution in [3.63, 3.8) is 0 Å². The first kappa shape index (κ1) is 22.5. The fourth-order valence-corrected chi connectivity index (χ4v) is 2.13. The predicted molar refractivity (Wildman–Crippen MR) is 87.2 cm³/mol. The number of thioether (sulfide) groups is 1. The molecule has 14 heteroatoms. The van der Waals surface area contributed by atoms with Crippen molar-refractivity contribution >= 4 is 70.1 Å². The first-order valence-corrected chi connectivity index (χ1v) is 9.19. The molecule has 0 atom stereocenters. The van der Waals surface area contributed by atoms with Crippen LogP contribution < -0.4 is 10.9 Å². The van der Waals surface area contributed by atoms with Gasteiger partial charge in [0, 0.05) is 28.9 Å². The Morgan fingerprint density at radius 2 is 1.95 bits per heavy atom. The summed E-state index contributed by atoms with van der Waals surface area (Å²) in [5.74, 6) is 2.37. The summed E-state index contributed by atoms with van der Waals surface area (Å²) in [6.07, 6.45) is 0. The Kier molecular flexibility index (Phi) is 19.5. The Hall–Kier alpha value is 0.258. The van der Waals surface area contributed by atoms with Gasteiger partial charge in [-0.25, -0.2) is 10.4 Å². The molecule has 0 bridgehead atoms. The van der Waals surface area contributed by atoms with Gasteiger partial charge in [0.15, 0.2) is 0 Å². The average molecular weight is 455 g/mol. The van der Waals surface area contributed by atoms with E-state index >= 15 is 0 Å². The van der Waals surface area contributed by atoms with Crippen LogP contribution in [0.4, 0.5) is 0 Å². The zero-order valence-corrected chi connectivity index (χ0v) is 16.1. The van der Waals surface area contributed by atoms with Crippen molar-refractivity contribution in [1.82, 2.24) is 15.9 Å². The summed E-state index contributed by atoms with van der Waals surface area (Å²) >= 11 is 17.3. The zero-order valence-electron chi connectivity index (χ0n) is 9.92. The molecule has 8 nitrogen and oxygen atoms in total. The summed E-state index contributed by atoms with van der Waals surface area (Å²) in [4.78, 5) is 2.34. The van der Waals surface area contributed by atoms with E-state index in [4.69, 9.17) is 24.5 Å². The van der Waals surface area contributed by atoms with Crippen molar-refractivity contribution in [2.45, 2.75) is 0 Å². The van der Waals surface area contributed by atoms with Gasteiger partial charge >= 0.3 is 25.3 Å². The second kappa shape index (κ2) is 17.3. The molecule has 0 amide bonds. The summed E-state index contributed by atoms with van der Waals surface area (Å²) in [6.45, 7) is 2.12. The van der Waals surface area contributed by atoms with E-state index in [-0.39, 0.29) is 4.32 Å². The summed E-state index contributed by atoms with van der Waals surface area (Å²) < 4.78 is 17.6. The summed E-state index contributed by atoms with van der Waals surface area (Å²) in [7, 11) is 0.